The number of hydrogen-bond acceptors (Lipinski definition) is 6. The summed E-state index contributed by atoms with van der Waals surface area (Å²) in [7, 11) is 0. The molecule has 0 bridgehead atoms. The van der Waals surface area contributed by atoms with Crippen LogP contribution >= 0.6 is 23.4 Å². The molecule has 0 spiro atoms. The van der Waals surface area contributed by atoms with Crippen LogP contribution in [0.15, 0.2) is 78.2 Å². The fraction of sp³-hybridized carbons (Fsp3) is 0.0500. The van der Waals surface area contributed by atoms with Gasteiger partial charge in [0.05, 0.1) is 4.92 Å². The van der Waals surface area contributed by atoms with Crippen molar-refractivity contribution in [1.29, 1.82) is 0 Å². The van der Waals surface area contributed by atoms with Crippen molar-refractivity contribution >= 4 is 29.1 Å². The maximum atomic E-state index is 11.3. The van der Waals surface area contributed by atoms with Gasteiger partial charge >= 0.3 is 0 Å². The Balaban J connectivity index is 1.73. The summed E-state index contributed by atoms with van der Waals surface area (Å²) in [5.74, 6) is 1.04. The van der Waals surface area contributed by atoms with Crippen LogP contribution in [0.3, 0.4) is 0 Å². The summed E-state index contributed by atoms with van der Waals surface area (Å²) in [6.07, 6.45) is 3.38. The van der Waals surface area contributed by atoms with Crippen molar-refractivity contribution in [2.45, 2.75) is 10.9 Å². The minimum Gasteiger partial charge on any atom is -0.270 e. The van der Waals surface area contributed by atoms with E-state index in [0.717, 1.165) is 11.3 Å². The Morgan fingerprint density at radius 2 is 1.72 bits per heavy atom. The molecular formula is C20H14ClN5O2S. The van der Waals surface area contributed by atoms with E-state index in [1.54, 1.807) is 42.7 Å². The smallest absolute Gasteiger partial charge is 0.270 e. The first kappa shape index (κ1) is 19.1. The van der Waals surface area contributed by atoms with Crippen LogP contribution in [0.25, 0.3) is 17.1 Å². The highest BCUT2D eigenvalue weighted by Crippen LogP contribution is 2.32. The van der Waals surface area contributed by atoms with Crippen molar-refractivity contribution in [2.24, 2.45) is 0 Å². The van der Waals surface area contributed by atoms with Gasteiger partial charge in [0.2, 0.25) is 0 Å². The Labute approximate surface area is 175 Å². The number of nitro benzene ring substituents is 1. The second kappa shape index (κ2) is 8.42. The van der Waals surface area contributed by atoms with E-state index in [1.807, 2.05) is 28.8 Å². The first-order valence-corrected chi connectivity index (χ1v) is 9.96. The monoisotopic (exact) mass is 423 g/mol. The van der Waals surface area contributed by atoms with E-state index in [4.69, 9.17) is 11.6 Å². The summed E-state index contributed by atoms with van der Waals surface area (Å²) in [6.45, 7) is 0. The molecular weight excluding hydrogens is 410 g/mol. The Morgan fingerprint density at radius 1 is 1.00 bits per heavy atom. The molecule has 0 saturated carbocycles. The van der Waals surface area contributed by atoms with Gasteiger partial charge in [-0.25, -0.2) is 0 Å². The van der Waals surface area contributed by atoms with E-state index < -0.39 is 0 Å². The van der Waals surface area contributed by atoms with Crippen molar-refractivity contribution in [3.8, 4) is 17.1 Å². The molecule has 144 valence electrons. The molecule has 7 nitrogen and oxygen atoms in total. The number of halogens is 1. The largest absolute Gasteiger partial charge is 0.273 e. The van der Waals surface area contributed by atoms with Gasteiger partial charge in [0, 0.05) is 46.0 Å². The van der Waals surface area contributed by atoms with Crippen molar-refractivity contribution in [3.63, 3.8) is 0 Å². The third kappa shape index (κ3) is 4.13. The van der Waals surface area contributed by atoms with Gasteiger partial charge in [-0.2, -0.15) is 0 Å². The SMILES string of the molecule is O=[N+]([O-])c1ccccc1CSc1nnc(-c2ccncc2)n1-c1ccc(Cl)cc1. The van der Waals surface area contributed by atoms with Crippen LogP contribution < -0.4 is 0 Å². The predicted octanol–water partition coefficient (Wildman–Crippen LogP) is 5.18. The van der Waals surface area contributed by atoms with Crippen LogP contribution in [-0.2, 0) is 5.75 Å². The molecule has 0 fully saturated rings. The Hall–Kier alpha value is -3.23. The fourth-order valence-corrected chi connectivity index (χ4v) is 3.90. The molecule has 29 heavy (non-hydrogen) atoms. The summed E-state index contributed by atoms with van der Waals surface area (Å²) in [6, 6.07) is 17.8. The number of aromatic nitrogens is 4. The van der Waals surface area contributed by atoms with Crippen molar-refractivity contribution in [2.75, 3.05) is 0 Å². The number of nitrogens with zero attached hydrogens (tertiary/aromatic N) is 5. The number of nitro groups is 1. The summed E-state index contributed by atoms with van der Waals surface area (Å²) < 4.78 is 1.91. The Bertz CT molecular complexity index is 1150. The van der Waals surface area contributed by atoms with Gasteiger partial charge in [0.15, 0.2) is 11.0 Å². The molecule has 2 aromatic carbocycles. The third-order valence-electron chi connectivity index (χ3n) is 4.20. The van der Waals surface area contributed by atoms with Crippen LogP contribution in [0.2, 0.25) is 5.02 Å². The summed E-state index contributed by atoms with van der Waals surface area (Å²) in [5, 5.41) is 21.2. The van der Waals surface area contributed by atoms with Crippen LogP contribution in [-0.4, -0.2) is 24.7 Å². The molecule has 0 unspecified atom stereocenters. The summed E-state index contributed by atoms with van der Waals surface area (Å²) >= 11 is 7.42. The van der Waals surface area contributed by atoms with E-state index in [2.05, 4.69) is 15.2 Å². The van der Waals surface area contributed by atoms with Gasteiger partial charge in [0.1, 0.15) is 0 Å². The van der Waals surface area contributed by atoms with Gasteiger partial charge in [-0.1, -0.05) is 41.6 Å². The average Bonchev–Trinajstić information content (AvgIpc) is 3.17. The topological polar surface area (TPSA) is 86.7 Å². The van der Waals surface area contributed by atoms with E-state index >= 15 is 0 Å². The second-order valence-electron chi connectivity index (χ2n) is 6.03. The molecule has 0 aliphatic rings. The number of para-hydroxylation sites is 1. The molecule has 0 radical (unpaired) electrons. The normalized spacial score (nSPS) is 10.8. The highest BCUT2D eigenvalue weighted by molar-refractivity contribution is 7.98. The number of hydrogen-bond donors (Lipinski definition) is 0. The van der Waals surface area contributed by atoms with Gasteiger partial charge in [-0.3, -0.25) is 19.7 Å². The maximum absolute atomic E-state index is 11.3. The molecule has 4 rings (SSSR count). The molecule has 0 saturated heterocycles. The number of rotatable bonds is 6. The van der Waals surface area contributed by atoms with Gasteiger partial charge in [-0.15, -0.1) is 10.2 Å². The van der Waals surface area contributed by atoms with Crippen LogP contribution in [0.4, 0.5) is 5.69 Å². The average molecular weight is 424 g/mol. The highest BCUT2D eigenvalue weighted by Gasteiger charge is 2.18. The zero-order valence-corrected chi connectivity index (χ0v) is 16.5. The van der Waals surface area contributed by atoms with E-state index in [1.165, 1.54) is 17.8 Å². The molecule has 4 aromatic rings. The minimum absolute atomic E-state index is 0.0897. The number of pyridine rings is 1. The molecule has 0 aliphatic heterocycles. The van der Waals surface area contributed by atoms with Crippen LogP contribution in [0.5, 0.6) is 0 Å². The number of thioether (sulfide) groups is 1. The standard InChI is InChI=1S/C20H14ClN5O2S/c21-16-5-7-17(8-6-16)25-19(14-9-11-22-12-10-14)23-24-20(25)29-13-15-3-1-2-4-18(15)26(27)28/h1-12H,13H2. The lowest BCUT2D eigenvalue weighted by atomic mass is 10.2. The molecule has 0 amide bonds. The first-order chi connectivity index (χ1) is 14.1. The summed E-state index contributed by atoms with van der Waals surface area (Å²) in [4.78, 5) is 15.0. The van der Waals surface area contributed by atoms with Crippen molar-refractivity contribution < 1.29 is 4.92 Å². The quantitative estimate of drug-likeness (QED) is 0.241. The molecule has 0 atom stereocenters. The predicted molar refractivity (Wildman–Crippen MR) is 112 cm³/mol. The molecule has 2 heterocycles. The molecule has 2 aromatic heterocycles. The zero-order valence-electron chi connectivity index (χ0n) is 15.0. The highest BCUT2D eigenvalue weighted by atomic mass is 35.5. The summed E-state index contributed by atoms with van der Waals surface area (Å²) in [5.41, 5.74) is 2.42. The van der Waals surface area contributed by atoms with Crippen LogP contribution in [0, 0.1) is 10.1 Å². The lowest BCUT2D eigenvalue weighted by Gasteiger charge is -2.10. The molecule has 0 aliphatic carbocycles. The second-order valence-corrected chi connectivity index (χ2v) is 7.41. The van der Waals surface area contributed by atoms with Crippen molar-refractivity contribution in [1.82, 2.24) is 19.7 Å². The van der Waals surface area contributed by atoms with Gasteiger partial charge in [-0.05, 0) is 36.4 Å². The Morgan fingerprint density at radius 3 is 2.45 bits per heavy atom. The third-order valence-corrected chi connectivity index (χ3v) is 5.43. The number of benzene rings is 2. The lowest BCUT2D eigenvalue weighted by molar-refractivity contribution is -0.385. The maximum Gasteiger partial charge on any atom is 0.273 e. The minimum atomic E-state index is -0.373. The fourth-order valence-electron chi connectivity index (χ4n) is 2.83. The van der Waals surface area contributed by atoms with Gasteiger partial charge < -0.3 is 0 Å². The first-order valence-electron chi connectivity index (χ1n) is 8.60. The van der Waals surface area contributed by atoms with E-state index in [-0.39, 0.29) is 10.6 Å². The van der Waals surface area contributed by atoms with E-state index in [0.29, 0.717) is 27.3 Å². The molecule has 0 N–H and O–H groups in total. The lowest BCUT2D eigenvalue weighted by Crippen LogP contribution is -2.00. The van der Waals surface area contributed by atoms with Crippen LogP contribution in [0.1, 0.15) is 5.56 Å². The zero-order chi connectivity index (χ0) is 20.2. The van der Waals surface area contributed by atoms with E-state index in [9.17, 15) is 10.1 Å². The molecule has 9 heteroatoms. The van der Waals surface area contributed by atoms with Crippen molar-refractivity contribution in [3.05, 3.63) is 93.8 Å². The Kier molecular flexibility index (Phi) is 5.55. The van der Waals surface area contributed by atoms with Gasteiger partial charge in [0.25, 0.3) is 5.69 Å².